The van der Waals surface area contributed by atoms with Crippen LogP contribution in [0.5, 0.6) is 0 Å². The zero-order chi connectivity index (χ0) is 14.1. The van der Waals surface area contributed by atoms with Gasteiger partial charge in [0.25, 0.3) is 0 Å². The van der Waals surface area contributed by atoms with Crippen LogP contribution in [0.4, 0.5) is 0 Å². The van der Waals surface area contributed by atoms with E-state index in [2.05, 4.69) is 12.9 Å². The monoisotopic (exact) mass is 444 g/mol. The molecule has 2 unspecified atom stereocenters. The third kappa shape index (κ3) is 12.3. The van der Waals surface area contributed by atoms with E-state index >= 15 is 0 Å². The first-order chi connectivity index (χ1) is 7.12. The predicted octanol–water partition coefficient (Wildman–Crippen LogP) is -0.580. The van der Waals surface area contributed by atoms with Crippen molar-refractivity contribution in [1.29, 1.82) is 0 Å². The number of phosphoric acid groups is 4. The second-order valence-electron chi connectivity index (χ2n) is 2.16. The zero-order valence-electron chi connectivity index (χ0n) is 7.65. The Kier molecular flexibility index (Phi) is 8.11. The Morgan fingerprint density at radius 2 is 0.778 bits per heavy atom. The maximum atomic E-state index is 10.7. The van der Waals surface area contributed by atoms with E-state index in [0.29, 0.717) is 0 Å². The summed E-state index contributed by atoms with van der Waals surface area (Å²) < 4.78 is 50.9. The molecule has 0 aromatic carbocycles. The number of hydrogen-bond donors (Lipinski definition) is 6. The molecule has 0 fully saturated rings. The average molecular weight is 444 g/mol. The molecule has 13 nitrogen and oxygen atoms in total. The van der Waals surface area contributed by atoms with Gasteiger partial charge in [-0.25, -0.2) is 18.3 Å². The van der Waals surface area contributed by atoms with Crippen LogP contribution in [0.1, 0.15) is 0 Å². The Bertz CT molecular complexity index is 408. The molecule has 0 saturated heterocycles. The van der Waals surface area contributed by atoms with Gasteiger partial charge >= 0.3 is 31.3 Å². The van der Waals surface area contributed by atoms with Crippen molar-refractivity contribution in [2.45, 2.75) is 0 Å². The molecule has 0 aliphatic heterocycles. The molecule has 0 rings (SSSR count). The maximum absolute atomic E-state index is 10.7. The van der Waals surface area contributed by atoms with Crippen LogP contribution in [0.3, 0.4) is 0 Å². The van der Waals surface area contributed by atoms with Crippen molar-refractivity contribution in [2.75, 3.05) is 0 Å². The maximum Gasteiger partial charge on any atom is 0.490 e. The van der Waals surface area contributed by atoms with Crippen LogP contribution in [0.25, 0.3) is 0 Å². The van der Waals surface area contributed by atoms with Gasteiger partial charge in [0.2, 0.25) is 0 Å². The van der Waals surface area contributed by atoms with E-state index in [4.69, 9.17) is 29.4 Å². The summed E-state index contributed by atoms with van der Waals surface area (Å²) in [5, 5.41) is 0. The molecule has 18 heavy (non-hydrogen) atoms. The van der Waals surface area contributed by atoms with Crippen LogP contribution in [0.15, 0.2) is 0 Å². The largest absolute Gasteiger partial charge is 0.490 e. The summed E-state index contributed by atoms with van der Waals surface area (Å²) in [5.41, 5.74) is 0. The predicted molar refractivity (Wildman–Crippen MR) is 47.0 cm³/mol. The number of hydrogen-bond acceptors (Lipinski definition) is 7. The quantitative estimate of drug-likeness (QED) is 0.223. The summed E-state index contributed by atoms with van der Waals surface area (Å²) in [5.74, 6) is 0. The molecule has 6 N–H and O–H groups in total. The van der Waals surface area contributed by atoms with Crippen molar-refractivity contribution < 1.29 is 81.0 Å². The van der Waals surface area contributed by atoms with Crippen LogP contribution < -0.4 is 0 Å². The Morgan fingerprint density at radius 1 is 0.556 bits per heavy atom. The molecule has 0 amide bonds. The van der Waals surface area contributed by atoms with Gasteiger partial charge in [0.05, 0.1) is 0 Å². The fourth-order valence-corrected chi connectivity index (χ4v) is 4.40. The molecule has 0 aromatic heterocycles. The Morgan fingerprint density at radius 3 is 0.944 bits per heavy atom. The third-order valence-corrected chi connectivity index (χ3v) is 5.63. The van der Waals surface area contributed by atoms with Gasteiger partial charge in [-0.2, -0.15) is 12.9 Å². The topological polar surface area (TPSA) is 217 Å². The minimum absolute atomic E-state index is 0. The van der Waals surface area contributed by atoms with Crippen molar-refractivity contribution >= 4 is 31.3 Å². The van der Waals surface area contributed by atoms with Crippen LogP contribution in [-0.4, -0.2) is 29.4 Å². The molecule has 0 saturated carbocycles. The summed E-state index contributed by atoms with van der Waals surface area (Å²) >= 11 is 0. The van der Waals surface area contributed by atoms with Crippen molar-refractivity contribution in [3.63, 3.8) is 0 Å². The van der Waals surface area contributed by atoms with Crippen LogP contribution >= 0.6 is 31.3 Å². The minimum atomic E-state index is -5.77. The van der Waals surface area contributed by atoms with Gasteiger partial charge in [-0.15, -0.1) is 0 Å². The molecular weight excluding hydrogens is 438 g/mol. The molecule has 0 bridgehead atoms. The summed E-state index contributed by atoms with van der Waals surface area (Å²) in [7, 11) is -22.6. The fraction of sp³-hybridized carbons (Fsp3) is 0. The van der Waals surface area contributed by atoms with Gasteiger partial charge in [0.1, 0.15) is 0 Å². The van der Waals surface area contributed by atoms with Crippen LogP contribution in [-0.2, 0) is 51.6 Å². The minimum Gasteiger partial charge on any atom is -0.302 e. The third-order valence-electron chi connectivity index (χ3n) is 0.625. The van der Waals surface area contributed by atoms with Crippen LogP contribution in [0, 0.1) is 0 Å². The first-order valence-electron chi connectivity index (χ1n) is 3.03. The van der Waals surface area contributed by atoms with Gasteiger partial charge in [0.15, 0.2) is 0 Å². The van der Waals surface area contributed by atoms with Crippen molar-refractivity contribution in [3.8, 4) is 0 Å². The number of rotatable bonds is 6. The van der Waals surface area contributed by atoms with Gasteiger partial charge in [0, 0.05) is 20.4 Å². The second-order valence-corrected chi connectivity index (χ2v) is 7.96. The molecule has 114 valence electrons. The average Bonchev–Trinajstić information content (AvgIpc) is 1.65. The van der Waals surface area contributed by atoms with Gasteiger partial charge in [-0.3, -0.25) is 0 Å². The normalized spacial score (nSPS) is 19.4. The first-order valence-corrected chi connectivity index (χ1v) is 9.08. The molecule has 18 heteroatoms. The first kappa shape index (κ1) is 21.5. The zero-order valence-corrected chi connectivity index (χ0v) is 12.8. The SMILES string of the molecule is O=P(O)(O)OP(=O)(O)OP(=O)(O)OP(=O)(O)O.[Pd]. The van der Waals surface area contributed by atoms with Crippen molar-refractivity contribution in [1.82, 2.24) is 0 Å². The Balaban J connectivity index is 0. The summed E-state index contributed by atoms with van der Waals surface area (Å²) in [6, 6.07) is 0. The van der Waals surface area contributed by atoms with E-state index in [0.717, 1.165) is 0 Å². The van der Waals surface area contributed by atoms with Gasteiger partial charge < -0.3 is 29.4 Å². The van der Waals surface area contributed by atoms with Gasteiger partial charge in [-0.05, 0) is 0 Å². The standard InChI is InChI=1S/H6O13P4.Pd/c1-14(2,3)11-16(7,8)13-17(9,10)12-15(4,5)6;/h(H,7,8)(H,9,10)(H2,1,2,3)(H2,4,5,6);. The summed E-state index contributed by atoms with van der Waals surface area (Å²) in [6.07, 6.45) is 0. The molecule has 0 heterocycles. The molecule has 0 aliphatic rings. The Labute approximate surface area is 112 Å². The summed E-state index contributed by atoms with van der Waals surface area (Å²) in [4.78, 5) is 49.4. The Hall–Kier alpha value is 1.22. The van der Waals surface area contributed by atoms with Crippen molar-refractivity contribution in [3.05, 3.63) is 0 Å². The van der Waals surface area contributed by atoms with E-state index in [-0.39, 0.29) is 20.4 Å². The van der Waals surface area contributed by atoms with E-state index in [1.54, 1.807) is 0 Å². The van der Waals surface area contributed by atoms with Gasteiger partial charge in [-0.1, -0.05) is 0 Å². The molecule has 2 atom stereocenters. The molecular formula is H6O13P4Pd. The van der Waals surface area contributed by atoms with E-state index in [9.17, 15) is 18.3 Å². The van der Waals surface area contributed by atoms with E-state index in [1.807, 2.05) is 0 Å². The van der Waals surface area contributed by atoms with E-state index < -0.39 is 31.3 Å². The molecule has 0 aliphatic carbocycles. The molecule has 0 spiro atoms. The smallest absolute Gasteiger partial charge is 0.302 e. The fourth-order valence-electron chi connectivity index (χ4n) is 0.429. The van der Waals surface area contributed by atoms with E-state index in [1.165, 1.54) is 0 Å². The molecule has 0 aromatic rings. The van der Waals surface area contributed by atoms with Crippen LogP contribution in [0.2, 0.25) is 0 Å². The summed E-state index contributed by atoms with van der Waals surface area (Å²) in [6.45, 7) is 0. The second kappa shape index (κ2) is 6.79. The molecule has 0 radical (unpaired) electrons. The van der Waals surface area contributed by atoms with Crippen molar-refractivity contribution in [2.24, 2.45) is 0 Å².